The lowest BCUT2D eigenvalue weighted by Crippen LogP contribution is -2.13. The van der Waals surface area contributed by atoms with E-state index in [2.05, 4.69) is 32.0 Å². The van der Waals surface area contributed by atoms with Crippen LogP contribution in [0.25, 0.3) is 16.9 Å². The van der Waals surface area contributed by atoms with Crippen molar-refractivity contribution in [3.05, 3.63) is 56.7 Å². The molecule has 0 unspecified atom stereocenters. The number of nitrogens with zero attached hydrogens (tertiary/aromatic N) is 2. The van der Waals surface area contributed by atoms with E-state index in [1.807, 2.05) is 22.7 Å². The molecule has 0 saturated carbocycles. The maximum absolute atomic E-state index is 11.9. The Kier molecular flexibility index (Phi) is 2.76. The van der Waals surface area contributed by atoms with E-state index in [9.17, 15) is 4.79 Å². The minimum Gasteiger partial charge on any atom is -0.317 e. The van der Waals surface area contributed by atoms with Crippen molar-refractivity contribution in [3.8, 4) is 11.3 Å². The zero-order chi connectivity index (χ0) is 12.3. The molecule has 4 rings (SSSR count). The Bertz CT molecular complexity index is 853. The first-order chi connectivity index (χ1) is 8.74. The largest absolute Gasteiger partial charge is 0.317 e. The first kappa shape index (κ1) is 12.4. The molecule has 0 aliphatic heterocycles. The van der Waals surface area contributed by atoms with Crippen LogP contribution in [0.3, 0.4) is 0 Å². The second-order valence-corrected chi connectivity index (χ2v) is 5.29. The normalized spacial score (nSPS) is 12.1. The Hall–Kier alpha value is -1.59. The van der Waals surface area contributed by atoms with Crippen LogP contribution in [0.5, 0.6) is 0 Å². The molecule has 0 spiro atoms. The molecule has 0 bridgehead atoms. The van der Waals surface area contributed by atoms with Crippen LogP contribution >= 0.6 is 28.3 Å². The smallest absolute Gasteiger partial charge is 0.292 e. The fraction of sp³-hybridized carbons (Fsp3) is 0.0769. The quantitative estimate of drug-likeness (QED) is 0.536. The molecule has 0 radical (unpaired) electrons. The topological polar surface area (TPSA) is 50.2 Å². The molecule has 1 N–H and O–H groups in total. The van der Waals surface area contributed by atoms with Gasteiger partial charge < -0.3 is 4.98 Å². The van der Waals surface area contributed by atoms with Crippen LogP contribution in [-0.4, -0.2) is 14.4 Å². The molecule has 96 valence electrons. The van der Waals surface area contributed by atoms with Crippen molar-refractivity contribution in [1.82, 2.24) is 14.4 Å². The number of aromatic amines is 1. The molecule has 0 amide bonds. The van der Waals surface area contributed by atoms with Gasteiger partial charge in [-0.15, -0.1) is 12.4 Å². The lowest BCUT2D eigenvalue weighted by molar-refractivity contribution is 1.00. The summed E-state index contributed by atoms with van der Waals surface area (Å²) in [7, 11) is 0. The van der Waals surface area contributed by atoms with Crippen LogP contribution < -0.4 is 5.56 Å². The highest BCUT2D eigenvalue weighted by molar-refractivity contribution is 9.10. The van der Waals surface area contributed by atoms with Crippen LogP contribution in [-0.2, 0) is 6.42 Å². The Labute approximate surface area is 123 Å². The third kappa shape index (κ3) is 1.65. The van der Waals surface area contributed by atoms with E-state index in [0.717, 1.165) is 27.8 Å². The van der Waals surface area contributed by atoms with Crippen molar-refractivity contribution in [2.24, 2.45) is 0 Å². The van der Waals surface area contributed by atoms with Gasteiger partial charge in [-0.3, -0.25) is 9.20 Å². The number of fused-ring (bicyclic) bond motifs is 5. The second kappa shape index (κ2) is 4.21. The molecule has 0 atom stereocenters. The van der Waals surface area contributed by atoms with E-state index in [-0.39, 0.29) is 18.0 Å². The van der Waals surface area contributed by atoms with Gasteiger partial charge in [-0.05, 0) is 17.7 Å². The van der Waals surface area contributed by atoms with Gasteiger partial charge in [-0.25, -0.2) is 4.98 Å². The van der Waals surface area contributed by atoms with Gasteiger partial charge in [0.05, 0.1) is 11.4 Å². The molecule has 19 heavy (non-hydrogen) atoms. The number of aromatic nitrogens is 3. The number of hydrogen-bond donors (Lipinski definition) is 1. The minimum absolute atomic E-state index is 0. The zero-order valence-corrected chi connectivity index (χ0v) is 12.1. The van der Waals surface area contributed by atoms with Crippen LogP contribution in [0.15, 0.2) is 39.9 Å². The van der Waals surface area contributed by atoms with Crippen molar-refractivity contribution >= 4 is 34.0 Å². The molecule has 2 aromatic heterocycles. The SMILES string of the molecule is Cl.O=c1[nH]c2c(n3ccnc13)Cc1cc(Br)ccc1-2. The van der Waals surface area contributed by atoms with Gasteiger partial charge in [0.15, 0.2) is 0 Å². The summed E-state index contributed by atoms with van der Waals surface area (Å²) in [5, 5.41) is 0. The average molecular weight is 339 g/mol. The predicted octanol–water partition coefficient (Wildman–Crippen LogP) is 2.78. The number of rotatable bonds is 0. The first-order valence-electron chi connectivity index (χ1n) is 5.61. The summed E-state index contributed by atoms with van der Waals surface area (Å²) in [6, 6.07) is 6.12. The van der Waals surface area contributed by atoms with Crippen molar-refractivity contribution in [3.63, 3.8) is 0 Å². The van der Waals surface area contributed by atoms with Crippen LogP contribution in [0.1, 0.15) is 11.3 Å². The van der Waals surface area contributed by atoms with Crippen LogP contribution in [0.2, 0.25) is 0 Å². The molecule has 6 heteroatoms. The van der Waals surface area contributed by atoms with Crippen LogP contribution in [0.4, 0.5) is 0 Å². The summed E-state index contributed by atoms with van der Waals surface area (Å²) in [5.74, 6) is 0. The van der Waals surface area contributed by atoms with Gasteiger partial charge in [0.2, 0.25) is 5.65 Å². The molecule has 1 aromatic carbocycles. The van der Waals surface area contributed by atoms with Crippen molar-refractivity contribution < 1.29 is 0 Å². The van der Waals surface area contributed by atoms with E-state index in [1.54, 1.807) is 6.20 Å². The molecule has 4 nitrogen and oxygen atoms in total. The summed E-state index contributed by atoms with van der Waals surface area (Å²) < 4.78 is 2.93. The Balaban J connectivity index is 0.00000110. The summed E-state index contributed by atoms with van der Waals surface area (Å²) in [6.07, 6.45) is 4.31. The fourth-order valence-corrected chi connectivity index (χ4v) is 2.99. The van der Waals surface area contributed by atoms with E-state index in [1.165, 1.54) is 5.56 Å². The van der Waals surface area contributed by atoms with E-state index in [4.69, 9.17) is 0 Å². The Morgan fingerprint density at radius 3 is 3.05 bits per heavy atom. The minimum atomic E-state index is -0.144. The standard InChI is InChI=1S/C13H8BrN3O.ClH/c14-8-1-2-9-7(5-8)6-10-11(9)16-13(18)12-15-3-4-17(10)12;/h1-5H,6H2,(H,16,18);1H. The molecule has 2 heterocycles. The van der Waals surface area contributed by atoms with E-state index >= 15 is 0 Å². The first-order valence-corrected chi connectivity index (χ1v) is 6.40. The third-order valence-corrected chi connectivity index (χ3v) is 3.85. The third-order valence-electron chi connectivity index (χ3n) is 3.36. The molecular weight excluding hydrogens is 330 g/mol. The molecule has 0 saturated heterocycles. The maximum Gasteiger partial charge on any atom is 0.292 e. The fourth-order valence-electron chi connectivity index (χ4n) is 2.58. The highest BCUT2D eigenvalue weighted by atomic mass is 79.9. The number of imidazole rings is 1. The summed E-state index contributed by atoms with van der Waals surface area (Å²) in [6.45, 7) is 0. The highest BCUT2D eigenvalue weighted by Crippen LogP contribution is 2.35. The second-order valence-electron chi connectivity index (χ2n) is 4.37. The monoisotopic (exact) mass is 337 g/mol. The van der Waals surface area contributed by atoms with E-state index in [0.29, 0.717) is 5.65 Å². The molecule has 1 aliphatic carbocycles. The van der Waals surface area contributed by atoms with Crippen LogP contribution in [0, 0.1) is 0 Å². The molecule has 1 aliphatic rings. The van der Waals surface area contributed by atoms with Gasteiger partial charge in [-0.2, -0.15) is 0 Å². The predicted molar refractivity (Wildman–Crippen MR) is 79.0 cm³/mol. The van der Waals surface area contributed by atoms with Gasteiger partial charge in [0, 0.05) is 28.9 Å². The Morgan fingerprint density at radius 2 is 2.21 bits per heavy atom. The van der Waals surface area contributed by atoms with E-state index < -0.39 is 0 Å². The van der Waals surface area contributed by atoms with Gasteiger partial charge >= 0.3 is 0 Å². The molecule has 3 aromatic rings. The van der Waals surface area contributed by atoms with Crippen molar-refractivity contribution in [1.29, 1.82) is 0 Å². The maximum atomic E-state index is 11.9. The number of halogens is 2. The highest BCUT2D eigenvalue weighted by Gasteiger charge is 2.23. The van der Waals surface area contributed by atoms with Gasteiger partial charge in [0.1, 0.15) is 0 Å². The molecular formula is C13H9BrClN3O. The van der Waals surface area contributed by atoms with Gasteiger partial charge in [0.25, 0.3) is 5.56 Å². The lowest BCUT2D eigenvalue weighted by atomic mass is 10.1. The van der Waals surface area contributed by atoms with Gasteiger partial charge in [-0.1, -0.05) is 22.0 Å². The average Bonchev–Trinajstić information content (AvgIpc) is 2.93. The Morgan fingerprint density at radius 1 is 1.37 bits per heavy atom. The summed E-state index contributed by atoms with van der Waals surface area (Å²) >= 11 is 3.48. The van der Waals surface area contributed by atoms with Crippen molar-refractivity contribution in [2.75, 3.05) is 0 Å². The number of hydrogen-bond acceptors (Lipinski definition) is 2. The summed E-state index contributed by atoms with van der Waals surface area (Å²) in [5.41, 5.74) is 4.63. The van der Waals surface area contributed by atoms with Crippen molar-refractivity contribution in [2.45, 2.75) is 6.42 Å². The molecule has 0 fully saturated rings. The number of benzene rings is 1. The lowest BCUT2D eigenvalue weighted by Gasteiger charge is -2.03. The number of nitrogens with one attached hydrogen (secondary N) is 1. The number of H-pyrrole nitrogens is 1. The zero-order valence-electron chi connectivity index (χ0n) is 9.68. The summed E-state index contributed by atoms with van der Waals surface area (Å²) in [4.78, 5) is 19.0.